The van der Waals surface area contributed by atoms with Gasteiger partial charge in [-0.05, 0) is 51.3 Å². The van der Waals surface area contributed by atoms with Crippen LogP contribution in [-0.2, 0) is 21.2 Å². The first-order valence-corrected chi connectivity index (χ1v) is 13.1. The third kappa shape index (κ3) is 4.67. The first-order valence-electron chi connectivity index (χ1n) is 11.7. The van der Waals surface area contributed by atoms with E-state index in [1.807, 2.05) is 6.92 Å². The second kappa shape index (κ2) is 9.78. The summed E-state index contributed by atoms with van der Waals surface area (Å²) in [7, 11) is -3.89. The van der Waals surface area contributed by atoms with E-state index < -0.39 is 21.9 Å². The molecule has 0 amide bonds. The fourth-order valence-electron chi connectivity index (χ4n) is 4.37. The zero-order valence-corrected chi connectivity index (χ0v) is 20.8. The molecule has 0 aliphatic carbocycles. The lowest BCUT2D eigenvalue weighted by Crippen LogP contribution is -2.40. The molecule has 3 heterocycles. The van der Waals surface area contributed by atoms with Crippen LogP contribution in [0.2, 0.25) is 0 Å². The number of aryl methyl sites for hydroxylation is 2. The predicted molar refractivity (Wildman–Crippen MR) is 128 cm³/mol. The van der Waals surface area contributed by atoms with Crippen molar-refractivity contribution in [1.82, 2.24) is 23.9 Å². The number of aromatic nitrogens is 4. The summed E-state index contributed by atoms with van der Waals surface area (Å²) >= 11 is 0. The van der Waals surface area contributed by atoms with E-state index in [1.54, 1.807) is 19.9 Å². The van der Waals surface area contributed by atoms with E-state index in [2.05, 4.69) is 15.1 Å². The van der Waals surface area contributed by atoms with E-state index in [-0.39, 0.29) is 42.2 Å². The SMILES string of the molecule is CCCc1nc(C)c2c(=O)[nH]c(-c3cc(S(=O)(=O)N4CCC(C(=O)O)CC4)ccc3OCC)nn12. The van der Waals surface area contributed by atoms with Crippen LogP contribution in [0.15, 0.2) is 27.9 Å². The van der Waals surface area contributed by atoms with Crippen molar-refractivity contribution in [1.29, 1.82) is 0 Å². The van der Waals surface area contributed by atoms with Gasteiger partial charge in [0.25, 0.3) is 5.56 Å². The first kappa shape index (κ1) is 24.9. The van der Waals surface area contributed by atoms with Crippen LogP contribution in [0.25, 0.3) is 16.9 Å². The molecule has 0 radical (unpaired) electrons. The smallest absolute Gasteiger partial charge is 0.306 e. The van der Waals surface area contributed by atoms with Crippen molar-refractivity contribution in [3.8, 4) is 17.1 Å². The molecular weight excluding hydrogens is 474 g/mol. The highest BCUT2D eigenvalue weighted by molar-refractivity contribution is 7.89. The molecule has 0 bridgehead atoms. The van der Waals surface area contributed by atoms with Gasteiger partial charge in [0.15, 0.2) is 11.3 Å². The quantitative estimate of drug-likeness (QED) is 0.476. The van der Waals surface area contributed by atoms with Gasteiger partial charge < -0.3 is 14.8 Å². The fraction of sp³-hybridized carbons (Fsp3) is 0.478. The summed E-state index contributed by atoms with van der Waals surface area (Å²) < 4.78 is 35.3. The van der Waals surface area contributed by atoms with Crippen LogP contribution in [0.3, 0.4) is 0 Å². The average Bonchev–Trinajstić information content (AvgIpc) is 3.15. The number of benzene rings is 1. The number of H-pyrrole nitrogens is 1. The number of nitrogens with zero attached hydrogens (tertiary/aromatic N) is 4. The van der Waals surface area contributed by atoms with Crippen LogP contribution < -0.4 is 10.3 Å². The highest BCUT2D eigenvalue weighted by Gasteiger charge is 2.32. The first-order chi connectivity index (χ1) is 16.7. The number of carboxylic acids is 1. The van der Waals surface area contributed by atoms with Crippen LogP contribution >= 0.6 is 0 Å². The van der Waals surface area contributed by atoms with Crippen molar-refractivity contribution in [2.75, 3.05) is 19.7 Å². The van der Waals surface area contributed by atoms with Crippen LogP contribution in [0.1, 0.15) is 44.6 Å². The molecule has 188 valence electrons. The topological polar surface area (TPSA) is 147 Å². The minimum Gasteiger partial charge on any atom is -0.493 e. The highest BCUT2D eigenvalue weighted by atomic mass is 32.2. The average molecular weight is 504 g/mol. The van der Waals surface area contributed by atoms with Crippen molar-refractivity contribution in [2.24, 2.45) is 5.92 Å². The van der Waals surface area contributed by atoms with Crippen LogP contribution in [-0.4, -0.2) is 63.1 Å². The second-order valence-corrected chi connectivity index (χ2v) is 10.5. The summed E-state index contributed by atoms with van der Waals surface area (Å²) in [6, 6.07) is 4.44. The van der Waals surface area contributed by atoms with Gasteiger partial charge in [-0.25, -0.2) is 17.9 Å². The van der Waals surface area contributed by atoms with E-state index in [1.165, 1.54) is 21.0 Å². The molecule has 1 aliphatic rings. The Bertz CT molecular complexity index is 1420. The van der Waals surface area contributed by atoms with Crippen LogP contribution in [0.4, 0.5) is 0 Å². The van der Waals surface area contributed by atoms with Crippen LogP contribution in [0, 0.1) is 12.8 Å². The maximum absolute atomic E-state index is 13.4. The standard InChI is InChI=1S/C23H29N5O6S/c1-4-6-19-24-14(3)20-22(29)25-21(26-28(19)20)17-13-16(7-8-18(17)34-5-2)35(32,33)27-11-9-15(10-12-27)23(30)31/h7-8,13,15H,4-6,9-12H2,1-3H3,(H,30,31)(H,25,26,29). The number of hydrogen-bond donors (Lipinski definition) is 2. The number of aliphatic carboxylic acids is 1. The number of hydrogen-bond acceptors (Lipinski definition) is 7. The van der Waals surface area contributed by atoms with Crippen molar-refractivity contribution in [3.63, 3.8) is 0 Å². The predicted octanol–water partition coefficient (Wildman–Crippen LogP) is 2.23. The molecule has 1 fully saturated rings. The molecule has 2 N–H and O–H groups in total. The number of piperidine rings is 1. The Morgan fingerprint density at radius 2 is 1.97 bits per heavy atom. The molecule has 11 nitrogen and oxygen atoms in total. The lowest BCUT2D eigenvalue weighted by atomic mass is 9.99. The lowest BCUT2D eigenvalue weighted by molar-refractivity contribution is -0.142. The molecule has 3 aromatic rings. The van der Waals surface area contributed by atoms with Gasteiger partial charge in [-0.3, -0.25) is 9.59 Å². The molecule has 1 saturated heterocycles. The van der Waals surface area contributed by atoms with Gasteiger partial charge in [-0.2, -0.15) is 4.31 Å². The maximum Gasteiger partial charge on any atom is 0.306 e. The maximum atomic E-state index is 13.4. The van der Waals surface area contributed by atoms with Crippen molar-refractivity contribution >= 4 is 21.5 Å². The van der Waals surface area contributed by atoms with Crippen molar-refractivity contribution < 1.29 is 23.1 Å². The van der Waals surface area contributed by atoms with E-state index in [9.17, 15) is 23.1 Å². The normalized spacial score (nSPS) is 15.5. The molecule has 1 aliphatic heterocycles. The van der Waals surface area contributed by atoms with Crippen LogP contribution in [0.5, 0.6) is 5.75 Å². The number of carboxylic acid groups (broad SMARTS) is 1. The molecule has 0 spiro atoms. The fourth-order valence-corrected chi connectivity index (χ4v) is 5.87. The number of rotatable bonds is 8. The Morgan fingerprint density at radius 3 is 2.60 bits per heavy atom. The second-order valence-electron chi connectivity index (χ2n) is 8.53. The summed E-state index contributed by atoms with van der Waals surface area (Å²) in [5, 5.41) is 13.8. The van der Waals surface area contributed by atoms with Gasteiger partial charge in [-0.15, -0.1) is 5.10 Å². The Kier molecular flexibility index (Phi) is 6.95. The van der Waals surface area contributed by atoms with Gasteiger partial charge >= 0.3 is 5.97 Å². The summed E-state index contributed by atoms with van der Waals surface area (Å²) in [6.07, 6.45) is 1.96. The summed E-state index contributed by atoms with van der Waals surface area (Å²) in [6.45, 7) is 6.14. The number of fused-ring (bicyclic) bond motifs is 1. The number of carbonyl (C=O) groups is 1. The Hall–Kier alpha value is -3.25. The number of ether oxygens (including phenoxy) is 1. The monoisotopic (exact) mass is 503 g/mol. The molecular formula is C23H29N5O6S. The molecule has 12 heteroatoms. The number of imidazole rings is 1. The van der Waals surface area contributed by atoms with E-state index in [0.29, 0.717) is 41.4 Å². The Balaban J connectivity index is 1.80. The summed E-state index contributed by atoms with van der Waals surface area (Å²) in [4.78, 5) is 31.4. The number of nitrogens with one attached hydrogen (secondary N) is 1. The molecule has 4 rings (SSSR count). The molecule has 0 atom stereocenters. The highest BCUT2D eigenvalue weighted by Crippen LogP contribution is 2.32. The van der Waals surface area contributed by atoms with Crippen molar-refractivity contribution in [2.45, 2.75) is 51.3 Å². The Labute approximate surface area is 202 Å². The minimum absolute atomic E-state index is 0.0167. The lowest BCUT2D eigenvalue weighted by Gasteiger charge is -2.29. The molecule has 1 aromatic carbocycles. The van der Waals surface area contributed by atoms with Gasteiger partial charge in [-0.1, -0.05) is 6.92 Å². The molecule has 35 heavy (non-hydrogen) atoms. The number of sulfonamides is 1. The summed E-state index contributed by atoms with van der Waals surface area (Å²) in [5.41, 5.74) is 0.870. The van der Waals surface area contributed by atoms with Crippen molar-refractivity contribution in [3.05, 3.63) is 40.1 Å². The van der Waals surface area contributed by atoms with Gasteiger partial charge in [0.05, 0.1) is 28.7 Å². The minimum atomic E-state index is -3.89. The van der Waals surface area contributed by atoms with E-state index >= 15 is 0 Å². The van der Waals surface area contributed by atoms with Gasteiger partial charge in [0.1, 0.15) is 11.6 Å². The summed E-state index contributed by atoms with van der Waals surface area (Å²) in [5.74, 6) is -0.257. The van der Waals surface area contributed by atoms with Gasteiger partial charge in [0, 0.05) is 19.5 Å². The van der Waals surface area contributed by atoms with Gasteiger partial charge in [0.2, 0.25) is 10.0 Å². The molecule has 0 unspecified atom stereocenters. The van der Waals surface area contributed by atoms with E-state index in [4.69, 9.17) is 4.74 Å². The third-order valence-electron chi connectivity index (χ3n) is 6.16. The zero-order valence-electron chi connectivity index (χ0n) is 19.9. The zero-order chi connectivity index (χ0) is 25.3. The largest absolute Gasteiger partial charge is 0.493 e. The Morgan fingerprint density at radius 1 is 1.26 bits per heavy atom. The number of aromatic amines is 1. The van der Waals surface area contributed by atoms with E-state index in [0.717, 1.165) is 6.42 Å². The third-order valence-corrected chi connectivity index (χ3v) is 8.06. The molecule has 0 saturated carbocycles. The molecule has 2 aromatic heterocycles.